The molecular weight excluding hydrogens is 550 g/mol. The molecule has 214 valence electrons. The van der Waals surface area contributed by atoms with Crippen LogP contribution >= 0.6 is 11.8 Å². The number of carbonyl (C=O) groups is 1. The molecular formula is C37H33N3O2S. The maximum absolute atomic E-state index is 11.6. The van der Waals surface area contributed by atoms with Gasteiger partial charge in [0.25, 0.3) is 0 Å². The molecule has 0 N–H and O–H groups in total. The van der Waals surface area contributed by atoms with Gasteiger partial charge in [0.1, 0.15) is 12.1 Å². The summed E-state index contributed by atoms with van der Waals surface area (Å²) >= 11 is 1.77. The molecule has 0 spiro atoms. The number of thioether (sulfide) groups is 1. The number of nitrogens with zero attached hydrogens (tertiary/aromatic N) is 3. The third-order valence-corrected chi connectivity index (χ3v) is 9.84. The molecule has 43 heavy (non-hydrogen) atoms. The summed E-state index contributed by atoms with van der Waals surface area (Å²) in [7, 11) is 0. The maximum atomic E-state index is 11.6. The highest BCUT2D eigenvalue weighted by molar-refractivity contribution is 8.00. The lowest BCUT2D eigenvalue weighted by Gasteiger charge is -2.39. The van der Waals surface area contributed by atoms with Crippen molar-refractivity contribution in [2.24, 2.45) is 0 Å². The van der Waals surface area contributed by atoms with E-state index in [4.69, 9.17) is 9.72 Å². The molecule has 0 aliphatic heterocycles. The number of imidazole rings is 1. The van der Waals surface area contributed by atoms with Gasteiger partial charge in [-0.25, -0.2) is 4.98 Å². The monoisotopic (exact) mass is 583 g/mol. The molecule has 6 rings (SSSR count). The van der Waals surface area contributed by atoms with Crippen molar-refractivity contribution in [2.45, 2.75) is 36.5 Å². The fraction of sp³-hybridized carbons (Fsp3) is 0.216. The average molecular weight is 584 g/mol. The van der Waals surface area contributed by atoms with Crippen molar-refractivity contribution in [3.8, 4) is 6.07 Å². The van der Waals surface area contributed by atoms with E-state index in [0.717, 1.165) is 41.6 Å². The Hall–Kier alpha value is -4.60. The van der Waals surface area contributed by atoms with Gasteiger partial charge in [-0.1, -0.05) is 97.1 Å². The number of hydrogen-bond acceptors (Lipinski definition) is 5. The fourth-order valence-electron chi connectivity index (χ4n) is 6.52. The summed E-state index contributed by atoms with van der Waals surface area (Å²) in [5.41, 5.74) is 6.72. The first-order valence-corrected chi connectivity index (χ1v) is 15.6. The second-order valence-electron chi connectivity index (χ2n) is 10.8. The molecule has 5 nitrogen and oxygen atoms in total. The summed E-state index contributed by atoms with van der Waals surface area (Å²) in [4.78, 5) is 16.7. The molecule has 0 saturated carbocycles. The molecule has 1 unspecified atom stereocenters. The van der Waals surface area contributed by atoms with E-state index in [-0.39, 0.29) is 5.97 Å². The van der Waals surface area contributed by atoms with Crippen LogP contribution < -0.4 is 0 Å². The highest BCUT2D eigenvalue weighted by atomic mass is 32.2. The molecule has 1 aromatic heterocycles. The summed E-state index contributed by atoms with van der Waals surface area (Å²) in [6.45, 7) is 1.77. The zero-order valence-electron chi connectivity index (χ0n) is 24.1. The van der Waals surface area contributed by atoms with Crippen LogP contribution in [0.5, 0.6) is 0 Å². The minimum absolute atomic E-state index is 0.278. The van der Waals surface area contributed by atoms with E-state index in [0.29, 0.717) is 17.9 Å². The summed E-state index contributed by atoms with van der Waals surface area (Å²) in [5, 5.41) is 9.61. The van der Waals surface area contributed by atoms with Crippen molar-refractivity contribution >= 4 is 17.7 Å². The highest BCUT2D eigenvalue weighted by Gasteiger charge is 2.44. The zero-order chi connectivity index (χ0) is 29.7. The Labute approximate surface area is 257 Å². The second kappa shape index (κ2) is 12.3. The first-order chi connectivity index (χ1) is 21.1. The number of fused-ring (bicyclic) bond motifs is 1. The van der Waals surface area contributed by atoms with Crippen LogP contribution in [-0.4, -0.2) is 27.9 Å². The van der Waals surface area contributed by atoms with E-state index in [1.807, 2.05) is 36.7 Å². The Bertz CT molecular complexity index is 1650. The zero-order valence-corrected chi connectivity index (χ0v) is 25.0. The van der Waals surface area contributed by atoms with Gasteiger partial charge in [-0.3, -0.25) is 4.79 Å². The van der Waals surface area contributed by atoms with Gasteiger partial charge in [-0.05, 0) is 59.2 Å². The number of aryl methyl sites for hydroxylation is 1. The summed E-state index contributed by atoms with van der Waals surface area (Å²) in [5.74, 6) is 0.354. The number of benzene rings is 4. The van der Waals surface area contributed by atoms with Crippen molar-refractivity contribution < 1.29 is 9.53 Å². The summed E-state index contributed by atoms with van der Waals surface area (Å²) in [6, 6.07) is 40.1. The van der Waals surface area contributed by atoms with Crippen LogP contribution in [0.4, 0.5) is 0 Å². The van der Waals surface area contributed by atoms with Gasteiger partial charge in [-0.2, -0.15) is 5.26 Å². The molecule has 0 bridgehead atoms. The van der Waals surface area contributed by atoms with Crippen LogP contribution in [0.1, 0.15) is 58.8 Å². The quantitative estimate of drug-likeness (QED) is 0.102. The van der Waals surface area contributed by atoms with E-state index >= 15 is 0 Å². The van der Waals surface area contributed by atoms with E-state index in [1.165, 1.54) is 18.1 Å². The van der Waals surface area contributed by atoms with Crippen LogP contribution in [0, 0.1) is 11.3 Å². The van der Waals surface area contributed by atoms with Crippen molar-refractivity contribution in [2.75, 3.05) is 12.4 Å². The lowest BCUT2D eigenvalue weighted by molar-refractivity contribution is -0.140. The maximum Gasteiger partial charge on any atom is 0.302 e. The minimum Gasteiger partial charge on any atom is -0.465 e. The van der Waals surface area contributed by atoms with E-state index in [2.05, 4.69) is 95.7 Å². The van der Waals surface area contributed by atoms with Crippen molar-refractivity contribution in [3.05, 3.63) is 161 Å². The average Bonchev–Trinajstić information content (AvgIpc) is 3.56. The van der Waals surface area contributed by atoms with Crippen LogP contribution in [-0.2, 0) is 26.2 Å². The second-order valence-corrected chi connectivity index (χ2v) is 12.2. The van der Waals surface area contributed by atoms with E-state index in [9.17, 15) is 10.1 Å². The minimum atomic E-state index is -0.666. The van der Waals surface area contributed by atoms with Gasteiger partial charge in [0.05, 0.1) is 28.4 Å². The number of aromatic nitrogens is 2. The third kappa shape index (κ3) is 5.26. The predicted octanol–water partition coefficient (Wildman–Crippen LogP) is 7.47. The largest absolute Gasteiger partial charge is 0.465 e. The van der Waals surface area contributed by atoms with Crippen LogP contribution in [0.15, 0.2) is 122 Å². The van der Waals surface area contributed by atoms with Gasteiger partial charge in [0.15, 0.2) is 0 Å². The first-order valence-electron chi connectivity index (χ1n) is 14.6. The lowest BCUT2D eigenvalue weighted by Crippen LogP contribution is -2.37. The van der Waals surface area contributed by atoms with E-state index < -0.39 is 10.3 Å². The SMILES string of the molecule is CC(=O)OCCSC1(c2cn(C(c3ccccc3)(c3ccccc3)c3ccccc3)cn2)CCCc2cc(C#N)ccc21. The van der Waals surface area contributed by atoms with Crippen molar-refractivity contribution in [1.82, 2.24) is 9.55 Å². The topological polar surface area (TPSA) is 67.9 Å². The number of ether oxygens (including phenoxy) is 1. The highest BCUT2D eigenvalue weighted by Crippen LogP contribution is 2.51. The molecule has 1 aliphatic carbocycles. The molecule has 5 aromatic rings. The van der Waals surface area contributed by atoms with Gasteiger partial charge < -0.3 is 9.30 Å². The number of rotatable bonds is 9. The van der Waals surface area contributed by atoms with Crippen LogP contribution in [0.3, 0.4) is 0 Å². The molecule has 1 heterocycles. The first kappa shape index (κ1) is 28.5. The molecule has 0 fully saturated rings. The molecule has 1 atom stereocenters. The van der Waals surface area contributed by atoms with Gasteiger partial charge in [0.2, 0.25) is 0 Å². The van der Waals surface area contributed by atoms with Gasteiger partial charge in [-0.15, -0.1) is 11.8 Å². The fourth-order valence-corrected chi connectivity index (χ4v) is 7.93. The van der Waals surface area contributed by atoms with Gasteiger partial charge >= 0.3 is 5.97 Å². The number of carbonyl (C=O) groups excluding carboxylic acids is 1. The Kier molecular flexibility index (Phi) is 8.18. The van der Waals surface area contributed by atoms with Gasteiger partial charge in [0, 0.05) is 18.9 Å². The molecule has 0 amide bonds. The Morgan fingerprint density at radius 3 is 2.12 bits per heavy atom. The molecule has 4 aromatic carbocycles. The molecule has 6 heteroatoms. The Morgan fingerprint density at radius 2 is 1.56 bits per heavy atom. The molecule has 1 aliphatic rings. The Balaban J connectivity index is 1.56. The standard InChI is InChI=1S/C37H33N3O2S/c1-28(41)42-22-23-43-36(21-11-12-30-24-29(25-38)19-20-34(30)36)35-26-40(27-39-35)37(31-13-5-2-6-14-31,32-15-7-3-8-16-32)33-17-9-4-10-18-33/h2-10,13-20,24,26-27H,11-12,21-23H2,1H3. The molecule has 0 radical (unpaired) electrons. The summed E-state index contributed by atoms with van der Waals surface area (Å²) < 4.78 is 7.15. The lowest BCUT2D eigenvalue weighted by atomic mass is 9.76. The molecule has 0 saturated heterocycles. The Morgan fingerprint density at radius 1 is 0.953 bits per heavy atom. The number of esters is 1. The smallest absolute Gasteiger partial charge is 0.302 e. The van der Waals surface area contributed by atoms with E-state index in [1.54, 1.807) is 11.8 Å². The normalized spacial score (nSPS) is 16.2. The van der Waals surface area contributed by atoms with Crippen LogP contribution in [0.2, 0.25) is 0 Å². The predicted molar refractivity (Wildman–Crippen MR) is 171 cm³/mol. The number of hydrogen-bond donors (Lipinski definition) is 0. The number of nitriles is 1. The van der Waals surface area contributed by atoms with Crippen molar-refractivity contribution in [1.29, 1.82) is 5.26 Å². The van der Waals surface area contributed by atoms with Crippen LogP contribution in [0.25, 0.3) is 0 Å². The summed E-state index contributed by atoms with van der Waals surface area (Å²) in [6.07, 6.45) is 6.95. The third-order valence-electron chi connectivity index (χ3n) is 8.34. The van der Waals surface area contributed by atoms with Crippen molar-refractivity contribution in [3.63, 3.8) is 0 Å².